The van der Waals surface area contributed by atoms with Gasteiger partial charge in [0.2, 0.25) is 0 Å². The van der Waals surface area contributed by atoms with Crippen LogP contribution in [0.25, 0.3) is 0 Å². The molecule has 1 radical (unpaired) electrons. The second-order valence-electron chi connectivity index (χ2n) is 1.44. The van der Waals surface area contributed by atoms with E-state index < -0.39 is 0 Å². The third-order valence-corrected chi connectivity index (χ3v) is 0.920. The van der Waals surface area contributed by atoms with Crippen LogP contribution < -0.4 is 0 Å². The van der Waals surface area contributed by atoms with Gasteiger partial charge in [-0.3, -0.25) is 0 Å². The van der Waals surface area contributed by atoms with Gasteiger partial charge in [-0.25, -0.2) is 0 Å². The molecule has 0 N–H and O–H groups in total. The first-order valence-electron chi connectivity index (χ1n) is 2.46. The van der Waals surface area contributed by atoms with Crippen LogP contribution in [-0.2, 0) is 9.47 Å². The van der Waals surface area contributed by atoms with Crippen LogP contribution in [0.15, 0.2) is 0 Å². The molecule has 0 aromatic heterocycles. The Morgan fingerprint density at radius 3 is 2.29 bits per heavy atom. The minimum absolute atomic E-state index is 0.0278. The Hall–Kier alpha value is -0.0151. The molecule has 1 aliphatic heterocycles. The molecule has 0 atom stereocenters. The summed E-state index contributed by atoms with van der Waals surface area (Å²) in [5.41, 5.74) is 0. The monoisotopic (exact) mass is 99.1 g/mol. The maximum atomic E-state index is 5.02. The molecule has 0 aromatic rings. The summed E-state index contributed by atoms with van der Waals surface area (Å²) in [5, 5.41) is 0. The molecule has 0 saturated carbocycles. The molecule has 0 bridgehead atoms. The molecular weight excluding hydrogens is 90.9 g/mol. The Kier molecular flexibility index (Phi) is 1.71. The van der Waals surface area contributed by atoms with E-state index in [9.17, 15) is 0 Å². The summed E-state index contributed by atoms with van der Waals surface area (Å²) in [6.07, 6.45) is -0.0278. The van der Waals surface area contributed by atoms with E-state index in [1.807, 2.05) is 14.1 Å². The highest BCUT2D eigenvalue weighted by molar-refractivity contribution is 6.34. The lowest BCUT2D eigenvalue weighted by Crippen LogP contribution is -2.13. The molecule has 0 aromatic carbocycles. The van der Waals surface area contributed by atoms with Crippen molar-refractivity contribution in [2.75, 3.05) is 13.2 Å². The van der Waals surface area contributed by atoms with Crippen LogP contribution >= 0.6 is 0 Å². The highest BCUT2D eigenvalue weighted by Gasteiger charge is 2.12. The number of rotatable bonds is 1. The van der Waals surface area contributed by atoms with E-state index in [1.54, 1.807) is 0 Å². The van der Waals surface area contributed by atoms with Gasteiger partial charge in [0.05, 0.1) is 13.2 Å². The maximum absolute atomic E-state index is 5.02. The first kappa shape index (κ1) is 5.13. The minimum Gasteiger partial charge on any atom is -0.359 e. The Labute approximate surface area is 44.0 Å². The van der Waals surface area contributed by atoms with Gasteiger partial charge in [0.15, 0.2) is 7.28 Å². The highest BCUT2D eigenvalue weighted by Crippen LogP contribution is 1.99. The zero-order valence-corrected chi connectivity index (χ0v) is 4.39. The van der Waals surface area contributed by atoms with Crippen LogP contribution in [0.4, 0.5) is 0 Å². The van der Waals surface area contributed by atoms with Crippen LogP contribution in [0.1, 0.15) is 0 Å². The van der Waals surface area contributed by atoms with Gasteiger partial charge in [-0.15, -0.1) is 0 Å². The Bertz CT molecular complexity index is 51.7. The van der Waals surface area contributed by atoms with Gasteiger partial charge in [0, 0.05) is 0 Å². The lowest BCUT2D eigenvalue weighted by atomic mass is 9.82. The number of hydrogen-bond donors (Lipinski definition) is 0. The van der Waals surface area contributed by atoms with Gasteiger partial charge in [-0.05, 0) is 0 Å². The fraction of sp³-hybridized carbons (Fsp3) is 1.00. The van der Waals surface area contributed by atoms with E-state index in [0.717, 1.165) is 13.2 Å². The van der Waals surface area contributed by atoms with Crippen LogP contribution in [0.3, 0.4) is 0 Å². The molecule has 1 aliphatic rings. The van der Waals surface area contributed by atoms with Gasteiger partial charge in [-0.1, -0.05) is 6.82 Å². The van der Waals surface area contributed by atoms with Gasteiger partial charge >= 0.3 is 0 Å². The summed E-state index contributed by atoms with van der Waals surface area (Å²) in [6.45, 7) is 3.42. The summed E-state index contributed by atoms with van der Waals surface area (Å²) in [6, 6.07) is 0. The molecule has 3 heteroatoms. The van der Waals surface area contributed by atoms with Gasteiger partial charge in [-0.2, -0.15) is 0 Å². The standard InChI is InChI=1S/C4H8BO2/c1-5-4-6-2-3-7-4/h4H,2-3H2,1H3. The molecule has 7 heavy (non-hydrogen) atoms. The van der Waals surface area contributed by atoms with Crippen LogP contribution in [0, 0.1) is 0 Å². The molecule has 1 rings (SSSR count). The third kappa shape index (κ3) is 1.18. The van der Waals surface area contributed by atoms with E-state index in [-0.39, 0.29) is 6.19 Å². The summed E-state index contributed by atoms with van der Waals surface area (Å²) in [4.78, 5) is 0. The average molecular weight is 98.9 g/mol. The lowest BCUT2D eigenvalue weighted by Gasteiger charge is -2.00. The van der Waals surface area contributed by atoms with E-state index in [0.29, 0.717) is 0 Å². The molecule has 0 amide bonds. The van der Waals surface area contributed by atoms with Crippen molar-refractivity contribution in [3.8, 4) is 0 Å². The Morgan fingerprint density at radius 1 is 1.43 bits per heavy atom. The molecule has 0 spiro atoms. The lowest BCUT2D eigenvalue weighted by molar-refractivity contribution is 0.0242. The fourth-order valence-electron chi connectivity index (χ4n) is 0.569. The summed E-state index contributed by atoms with van der Waals surface area (Å²) >= 11 is 0. The van der Waals surface area contributed by atoms with Crippen molar-refractivity contribution in [2.24, 2.45) is 0 Å². The number of ether oxygens (including phenoxy) is 2. The van der Waals surface area contributed by atoms with Crippen molar-refractivity contribution in [3.05, 3.63) is 0 Å². The normalized spacial score (nSPS) is 23.0. The van der Waals surface area contributed by atoms with Crippen molar-refractivity contribution < 1.29 is 9.47 Å². The smallest absolute Gasteiger partial charge is 0.183 e. The molecular formula is C4H8BO2. The highest BCUT2D eigenvalue weighted by atomic mass is 16.7. The molecule has 2 nitrogen and oxygen atoms in total. The number of hydrogen-bond acceptors (Lipinski definition) is 2. The topological polar surface area (TPSA) is 18.5 Å². The van der Waals surface area contributed by atoms with E-state index in [1.165, 1.54) is 0 Å². The molecule has 0 unspecified atom stereocenters. The van der Waals surface area contributed by atoms with Crippen molar-refractivity contribution >= 4 is 7.28 Å². The van der Waals surface area contributed by atoms with Crippen LogP contribution in [0.2, 0.25) is 6.82 Å². The quantitative estimate of drug-likeness (QED) is 0.433. The Morgan fingerprint density at radius 2 is 2.00 bits per heavy atom. The maximum Gasteiger partial charge on any atom is 0.183 e. The van der Waals surface area contributed by atoms with Crippen molar-refractivity contribution in [3.63, 3.8) is 0 Å². The molecule has 39 valence electrons. The third-order valence-electron chi connectivity index (χ3n) is 0.920. The molecule has 1 saturated heterocycles. The SMILES string of the molecule is C[B]C1OCCO1. The summed E-state index contributed by atoms with van der Waals surface area (Å²) in [7, 11) is 1.90. The fourth-order valence-corrected chi connectivity index (χ4v) is 0.569. The molecule has 0 aliphatic carbocycles. The predicted octanol–water partition coefficient (Wildman–Crippen LogP) is 0.0691. The zero-order valence-electron chi connectivity index (χ0n) is 4.39. The second kappa shape index (κ2) is 2.33. The summed E-state index contributed by atoms with van der Waals surface area (Å²) in [5.74, 6) is 0. The van der Waals surface area contributed by atoms with E-state index >= 15 is 0 Å². The van der Waals surface area contributed by atoms with Crippen LogP contribution in [0.5, 0.6) is 0 Å². The Balaban J connectivity index is 2.14. The van der Waals surface area contributed by atoms with Gasteiger partial charge < -0.3 is 9.47 Å². The minimum atomic E-state index is -0.0278. The predicted molar refractivity (Wildman–Crippen MR) is 27.3 cm³/mol. The first-order chi connectivity index (χ1) is 3.43. The molecule has 1 heterocycles. The van der Waals surface area contributed by atoms with Crippen molar-refractivity contribution in [2.45, 2.75) is 13.0 Å². The van der Waals surface area contributed by atoms with Crippen molar-refractivity contribution in [1.82, 2.24) is 0 Å². The summed E-state index contributed by atoms with van der Waals surface area (Å²) < 4.78 is 10.0. The van der Waals surface area contributed by atoms with Crippen molar-refractivity contribution in [1.29, 1.82) is 0 Å². The van der Waals surface area contributed by atoms with E-state index in [2.05, 4.69) is 0 Å². The van der Waals surface area contributed by atoms with E-state index in [4.69, 9.17) is 9.47 Å². The van der Waals surface area contributed by atoms with Crippen LogP contribution in [-0.4, -0.2) is 26.7 Å². The van der Waals surface area contributed by atoms with Gasteiger partial charge in [0.25, 0.3) is 0 Å². The second-order valence-corrected chi connectivity index (χ2v) is 1.44. The largest absolute Gasteiger partial charge is 0.359 e. The average Bonchev–Trinajstić information content (AvgIpc) is 2.14. The molecule has 1 fully saturated rings. The first-order valence-corrected chi connectivity index (χ1v) is 2.46. The zero-order chi connectivity index (χ0) is 5.11. The van der Waals surface area contributed by atoms with Gasteiger partial charge in [0.1, 0.15) is 6.19 Å².